The number of aryl methyl sites for hydroxylation is 1. The topological polar surface area (TPSA) is 105 Å². The molecule has 0 spiro atoms. The predicted octanol–water partition coefficient (Wildman–Crippen LogP) is 0.854. The Balaban J connectivity index is 1.51. The minimum Gasteiger partial charge on any atom is -0.377 e. The van der Waals surface area contributed by atoms with Gasteiger partial charge in [-0.05, 0) is 31.0 Å². The van der Waals surface area contributed by atoms with Gasteiger partial charge in [-0.15, -0.1) is 0 Å². The van der Waals surface area contributed by atoms with Crippen LogP contribution in [0.5, 0.6) is 0 Å². The number of nitrogens with zero attached hydrogens (tertiary/aromatic N) is 4. The number of aliphatic imine (C=N–C) groups is 1. The Morgan fingerprint density at radius 3 is 2.79 bits per heavy atom. The highest BCUT2D eigenvalue weighted by Crippen LogP contribution is 2.13. The Hall–Kier alpha value is -2.94. The summed E-state index contributed by atoms with van der Waals surface area (Å²) in [6.45, 7) is 4.32. The lowest BCUT2D eigenvalue weighted by Crippen LogP contribution is -2.46. The van der Waals surface area contributed by atoms with Gasteiger partial charge in [0.15, 0.2) is 11.8 Å². The summed E-state index contributed by atoms with van der Waals surface area (Å²) in [6.07, 6.45) is 1.83. The van der Waals surface area contributed by atoms with Crippen molar-refractivity contribution in [1.29, 1.82) is 0 Å². The van der Waals surface area contributed by atoms with Gasteiger partial charge in [-0.1, -0.05) is 12.1 Å². The van der Waals surface area contributed by atoms with Crippen LogP contribution in [0.2, 0.25) is 0 Å². The molecule has 1 aromatic carbocycles. The van der Waals surface area contributed by atoms with Crippen molar-refractivity contribution in [3.05, 3.63) is 47.0 Å². The van der Waals surface area contributed by atoms with E-state index >= 15 is 0 Å². The first kappa shape index (κ1) is 20.8. The number of hydrogen-bond donors (Lipinski definition) is 3. The molecule has 0 aliphatic carbocycles. The number of methoxy groups -OCH3 is 1. The van der Waals surface area contributed by atoms with Crippen LogP contribution in [0.4, 0.5) is 0 Å². The van der Waals surface area contributed by atoms with E-state index in [1.807, 2.05) is 35.9 Å². The van der Waals surface area contributed by atoms with Gasteiger partial charge in [0.05, 0.1) is 6.54 Å². The third-order valence-corrected chi connectivity index (χ3v) is 4.75. The summed E-state index contributed by atoms with van der Waals surface area (Å²) in [6, 6.07) is 7.80. The second-order valence-corrected chi connectivity index (χ2v) is 6.92. The molecule has 0 radical (unpaired) electrons. The Morgan fingerprint density at radius 1 is 1.31 bits per heavy atom. The van der Waals surface area contributed by atoms with Crippen molar-refractivity contribution >= 4 is 11.9 Å². The highest BCUT2D eigenvalue weighted by molar-refractivity contribution is 5.94. The fourth-order valence-corrected chi connectivity index (χ4v) is 3.28. The van der Waals surface area contributed by atoms with Gasteiger partial charge in [0.2, 0.25) is 0 Å². The molecule has 2 aromatic rings. The van der Waals surface area contributed by atoms with Crippen LogP contribution in [-0.2, 0) is 30.9 Å². The van der Waals surface area contributed by atoms with Gasteiger partial charge < -0.3 is 20.7 Å². The summed E-state index contributed by atoms with van der Waals surface area (Å²) < 4.78 is 7.06. The molecule has 1 atom stereocenters. The first-order valence-electron chi connectivity index (χ1n) is 9.88. The minimum atomic E-state index is -0.0529. The zero-order valence-electron chi connectivity index (χ0n) is 17.2. The first-order valence-corrected chi connectivity index (χ1v) is 9.88. The van der Waals surface area contributed by atoms with E-state index in [2.05, 4.69) is 31.0 Å². The van der Waals surface area contributed by atoms with Crippen LogP contribution in [0.25, 0.3) is 0 Å². The average molecular weight is 399 g/mol. The standard InChI is InChI=1S/C20H29N7O2/c1-4-22-19(28)15-7-5-14(6-8-15)11-23-20(21-2)24-16-9-10-18-25-17(13-29-3)26-27(18)12-16/h5-8,16H,4,9-13H2,1-3H3,(H,22,28)(H2,21,23,24). The van der Waals surface area contributed by atoms with Gasteiger partial charge in [-0.25, -0.2) is 9.67 Å². The third kappa shape index (κ3) is 5.54. The summed E-state index contributed by atoms with van der Waals surface area (Å²) in [5, 5.41) is 14.1. The van der Waals surface area contributed by atoms with Crippen LogP contribution in [0.1, 0.15) is 40.9 Å². The molecule has 9 heteroatoms. The zero-order valence-corrected chi connectivity index (χ0v) is 17.2. The molecule has 1 aromatic heterocycles. The number of rotatable bonds is 7. The van der Waals surface area contributed by atoms with Gasteiger partial charge in [0, 0.05) is 45.3 Å². The summed E-state index contributed by atoms with van der Waals surface area (Å²) in [5.41, 5.74) is 1.74. The van der Waals surface area contributed by atoms with Crippen molar-refractivity contribution in [2.24, 2.45) is 4.99 Å². The van der Waals surface area contributed by atoms with Gasteiger partial charge in [0.1, 0.15) is 12.4 Å². The maximum atomic E-state index is 11.8. The number of nitrogens with one attached hydrogen (secondary N) is 3. The second-order valence-electron chi connectivity index (χ2n) is 6.92. The van der Waals surface area contributed by atoms with E-state index in [0.29, 0.717) is 25.3 Å². The van der Waals surface area contributed by atoms with Crippen molar-refractivity contribution in [3.8, 4) is 0 Å². The van der Waals surface area contributed by atoms with Gasteiger partial charge in [0.25, 0.3) is 5.91 Å². The largest absolute Gasteiger partial charge is 0.377 e. The highest BCUT2D eigenvalue weighted by Gasteiger charge is 2.22. The molecular weight excluding hydrogens is 370 g/mol. The van der Waals surface area contributed by atoms with Crippen molar-refractivity contribution in [3.63, 3.8) is 0 Å². The number of aromatic nitrogens is 3. The lowest BCUT2D eigenvalue weighted by atomic mass is 10.1. The fraction of sp³-hybridized carbons (Fsp3) is 0.500. The van der Waals surface area contributed by atoms with E-state index < -0.39 is 0 Å². The summed E-state index contributed by atoms with van der Waals surface area (Å²) in [5.74, 6) is 2.42. The lowest BCUT2D eigenvalue weighted by Gasteiger charge is -2.25. The molecule has 1 aliphatic heterocycles. The van der Waals surface area contributed by atoms with E-state index in [4.69, 9.17) is 4.74 Å². The van der Waals surface area contributed by atoms with Crippen LogP contribution in [-0.4, -0.2) is 53.4 Å². The van der Waals surface area contributed by atoms with Crippen molar-refractivity contribution < 1.29 is 9.53 Å². The summed E-state index contributed by atoms with van der Waals surface area (Å²) in [7, 11) is 3.40. The van der Waals surface area contributed by atoms with Crippen LogP contribution in [0, 0.1) is 0 Å². The van der Waals surface area contributed by atoms with E-state index in [9.17, 15) is 4.79 Å². The molecule has 3 N–H and O–H groups in total. The molecule has 1 unspecified atom stereocenters. The molecule has 0 bridgehead atoms. The quantitative estimate of drug-likeness (QED) is 0.471. The number of fused-ring (bicyclic) bond motifs is 1. The Morgan fingerprint density at radius 2 is 2.10 bits per heavy atom. The van der Waals surface area contributed by atoms with E-state index in [1.165, 1.54) is 0 Å². The molecule has 1 aliphatic rings. The number of amides is 1. The van der Waals surface area contributed by atoms with Crippen LogP contribution >= 0.6 is 0 Å². The van der Waals surface area contributed by atoms with E-state index in [0.717, 1.165) is 42.6 Å². The molecule has 0 saturated heterocycles. The first-order chi connectivity index (χ1) is 14.1. The molecule has 3 rings (SSSR count). The maximum absolute atomic E-state index is 11.8. The number of guanidine groups is 1. The maximum Gasteiger partial charge on any atom is 0.251 e. The molecule has 29 heavy (non-hydrogen) atoms. The molecular formula is C20H29N7O2. The Labute approximate surface area is 171 Å². The minimum absolute atomic E-state index is 0.0529. The van der Waals surface area contributed by atoms with Gasteiger partial charge >= 0.3 is 0 Å². The average Bonchev–Trinajstić information content (AvgIpc) is 3.13. The predicted molar refractivity (Wildman–Crippen MR) is 111 cm³/mol. The van der Waals surface area contributed by atoms with Crippen molar-refractivity contribution in [2.45, 2.75) is 45.5 Å². The molecule has 156 valence electrons. The second kappa shape index (κ2) is 10.0. The number of hydrogen-bond acceptors (Lipinski definition) is 5. The third-order valence-electron chi connectivity index (χ3n) is 4.75. The van der Waals surface area contributed by atoms with Crippen LogP contribution in [0.15, 0.2) is 29.3 Å². The summed E-state index contributed by atoms with van der Waals surface area (Å²) >= 11 is 0. The number of carbonyl (C=O) groups excluding carboxylic acids is 1. The number of ether oxygens (including phenoxy) is 1. The van der Waals surface area contributed by atoms with Crippen LogP contribution < -0.4 is 16.0 Å². The SMILES string of the molecule is CCNC(=O)c1ccc(CNC(=NC)NC2CCc3nc(COC)nn3C2)cc1. The normalized spacial score (nSPS) is 16.2. The molecule has 9 nitrogen and oxygen atoms in total. The van der Waals surface area contributed by atoms with E-state index in [-0.39, 0.29) is 11.9 Å². The Kier molecular flexibility index (Phi) is 7.18. The molecule has 2 heterocycles. The summed E-state index contributed by atoms with van der Waals surface area (Å²) in [4.78, 5) is 20.7. The van der Waals surface area contributed by atoms with Gasteiger partial charge in [-0.2, -0.15) is 5.10 Å². The smallest absolute Gasteiger partial charge is 0.251 e. The molecule has 0 fully saturated rings. The fourth-order valence-electron chi connectivity index (χ4n) is 3.28. The monoisotopic (exact) mass is 399 g/mol. The van der Waals surface area contributed by atoms with Crippen molar-refractivity contribution in [1.82, 2.24) is 30.7 Å². The highest BCUT2D eigenvalue weighted by atomic mass is 16.5. The molecule has 0 saturated carbocycles. The zero-order chi connectivity index (χ0) is 20.6. The number of benzene rings is 1. The lowest BCUT2D eigenvalue weighted by molar-refractivity contribution is 0.0956. The Bertz CT molecular complexity index is 845. The van der Waals surface area contributed by atoms with Gasteiger partial charge in [-0.3, -0.25) is 9.79 Å². The van der Waals surface area contributed by atoms with E-state index in [1.54, 1.807) is 14.2 Å². The van der Waals surface area contributed by atoms with Crippen LogP contribution in [0.3, 0.4) is 0 Å². The number of carbonyl (C=O) groups is 1. The van der Waals surface area contributed by atoms with Crippen molar-refractivity contribution in [2.75, 3.05) is 20.7 Å². The molecule has 1 amide bonds.